The van der Waals surface area contributed by atoms with Crippen LogP contribution in [0.1, 0.15) is 196 Å². The summed E-state index contributed by atoms with van der Waals surface area (Å²) in [6.45, 7) is 4.52. The van der Waals surface area contributed by atoms with Crippen LogP contribution < -0.4 is 59.1 Å². The molecule has 0 atom stereocenters. The molecule has 238 valence electrons. The van der Waals surface area contributed by atoms with E-state index in [0.29, 0.717) is 12.8 Å². The average molecular weight is 611 g/mol. The average Bonchev–Trinajstić information content (AvgIpc) is 2.96. The Morgan fingerprint density at radius 1 is 0.405 bits per heavy atom. The zero-order chi connectivity index (χ0) is 29.2. The van der Waals surface area contributed by atoms with Gasteiger partial charge in [-0.3, -0.25) is 0 Å². The molecule has 0 heterocycles. The van der Waals surface area contributed by atoms with Crippen molar-refractivity contribution in [2.45, 2.75) is 194 Å². The third-order valence-electron chi connectivity index (χ3n) is 7.51. The number of allylic oxidation sites excluding steroid dienone is 4. The number of carbonyl (C=O) groups excluding carboxylic acids is 2. The van der Waals surface area contributed by atoms with Gasteiger partial charge in [-0.2, -0.15) is 0 Å². The van der Waals surface area contributed by atoms with E-state index >= 15 is 0 Å². The Morgan fingerprint density at radius 2 is 0.643 bits per heavy atom. The van der Waals surface area contributed by atoms with E-state index in [4.69, 9.17) is 9.78 Å². The van der Waals surface area contributed by atoms with Crippen molar-refractivity contribution in [1.29, 1.82) is 0 Å². The molecular weight excluding hydrogens is 542 g/mol. The molecule has 4 nitrogen and oxygen atoms in total. The van der Waals surface area contributed by atoms with Gasteiger partial charge in [0.2, 0.25) is 0 Å². The molecule has 0 saturated carbocycles. The van der Waals surface area contributed by atoms with Crippen molar-refractivity contribution in [3.63, 3.8) is 0 Å². The first-order valence-electron chi connectivity index (χ1n) is 17.4. The van der Waals surface area contributed by atoms with Crippen LogP contribution in [0.4, 0.5) is 0 Å². The van der Waals surface area contributed by atoms with E-state index in [1.807, 2.05) is 0 Å². The molecule has 0 N–H and O–H groups in total. The zero-order valence-corrected chi connectivity index (χ0v) is 32.7. The molecule has 0 rings (SSSR count). The fourth-order valence-electron chi connectivity index (χ4n) is 4.86. The van der Waals surface area contributed by atoms with Crippen LogP contribution in [0.2, 0.25) is 0 Å². The minimum absolute atomic E-state index is 0. The van der Waals surface area contributed by atoms with Crippen molar-refractivity contribution >= 4 is 11.9 Å². The molecular formula is C36H68Na2O4. The molecule has 0 aromatic heterocycles. The molecule has 0 aromatic carbocycles. The van der Waals surface area contributed by atoms with Gasteiger partial charge >= 0.3 is 71.1 Å². The summed E-state index contributed by atoms with van der Waals surface area (Å²) in [4.78, 5) is 32.9. The monoisotopic (exact) mass is 610 g/mol. The van der Waals surface area contributed by atoms with E-state index in [1.165, 1.54) is 116 Å². The molecule has 0 unspecified atom stereocenters. The molecule has 0 aliphatic heterocycles. The van der Waals surface area contributed by atoms with Crippen molar-refractivity contribution in [2.24, 2.45) is 0 Å². The molecule has 0 aliphatic rings. The van der Waals surface area contributed by atoms with Gasteiger partial charge in [0.25, 0.3) is 0 Å². The van der Waals surface area contributed by atoms with Gasteiger partial charge in [0.15, 0.2) is 0 Å². The maximum absolute atomic E-state index is 11.8. The van der Waals surface area contributed by atoms with Gasteiger partial charge in [0.05, 0.1) is 12.8 Å². The summed E-state index contributed by atoms with van der Waals surface area (Å²) in [5.74, 6) is -0.869. The fourth-order valence-corrected chi connectivity index (χ4v) is 4.86. The molecule has 0 fully saturated rings. The predicted octanol–water partition coefficient (Wildman–Crippen LogP) is 6.30. The third kappa shape index (κ3) is 40.4. The quantitative estimate of drug-likeness (QED) is 0.0315. The van der Waals surface area contributed by atoms with Crippen LogP contribution in [-0.2, 0) is 19.4 Å². The summed E-state index contributed by atoms with van der Waals surface area (Å²) < 4.78 is 0. The van der Waals surface area contributed by atoms with Crippen molar-refractivity contribution < 1.29 is 81.3 Å². The van der Waals surface area contributed by atoms with Gasteiger partial charge in [-0.15, -0.1) is 0 Å². The van der Waals surface area contributed by atoms with E-state index in [-0.39, 0.29) is 62.0 Å². The van der Waals surface area contributed by atoms with Gasteiger partial charge in [-0.25, -0.2) is 19.4 Å². The second-order valence-electron chi connectivity index (χ2n) is 11.6. The smallest absolute Gasteiger partial charge is 1.00 e. The van der Waals surface area contributed by atoms with Crippen LogP contribution in [0.15, 0.2) is 24.3 Å². The van der Waals surface area contributed by atoms with Crippen molar-refractivity contribution in [1.82, 2.24) is 0 Å². The Hall–Kier alpha value is 0.420. The molecule has 0 bridgehead atoms. The molecule has 0 radical (unpaired) electrons. The van der Waals surface area contributed by atoms with Gasteiger partial charge in [0.1, 0.15) is 0 Å². The summed E-state index contributed by atoms with van der Waals surface area (Å²) >= 11 is 0. The largest absolute Gasteiger partial charge is 1.00 e. The SMILES string of the molecule is CCCCCCCC/C=C\CCCCCCCC(=O)OOC(=O)CCCCCCC/C=C\CCCCCCCC.[H-].[H-].[Na+].[Na+]. The Balaban J connectivity index is -0.00000127. The summed E-state index contributed by atoms with van der Waals surface area (Å²) in [5, 5.41) is 0. The van der Waals surface area contributed by atoms with Gasteiger partial charge in [-0.05, 0) is 64.2 Å². The Bertz CT molecular complexity index is 567. The predicted molar refractivity (Wildman–Crippen MR) is 173 cm³/mol. The van der Waals surface area contributed by atoms with E-state index < -0.39 is 11.9 Å². The van der Waals surface area contributed by atoms with E-state index in [0.717, 1.165) is 51.4 Å². The maximum Gasteiger partial charge on any atom is 1.00 e. The molecule has 0 aromatic rings. The van der Waals surface area contributed by atoms with Crippen LogP contribution in [-0.4, -0.2) is 11.9 Å². The van der Waals surface area contributed by atoms with Crippen molar-refractivity contribution in [2.75, 3.05) is 0 Å². The maximum atomic E-state index is 11.8. The van der Waals surface area contributed by atoms with Crippen molar-refractivity contribution in [3.05, 3.63) is 24.3 Å². The Morgan fingerprint density at radius 3 is 0.929 bits per heavy atom. The molecule has 0 aliphatic carbocycles. The minimum atomic E-state index is -0.435. The second-order valence-corrected chi connectivity index (χ2v) is 11.6. The Kier molecular flexibility index (Phi) is 46.2. The standard InChI is InChI=1S/C36H66O4.2Na.2H/c1-3-5-7-9-11-13-15-17-19-21-23-25-27-29-31-33-35(37)39-40-36(38)34-32-30-28-26-24-22-20-18-16-14-12-10-8-6-4-2;;;;/h17-20H,3-16,21-34H2,1-2H3;;;;/q;2*+1;2*-1/b19-17-,20-18-;;;;. The summed E-state index contributed by atoms with van der Waals surface area (Å²) in [6, 6.07) is 0. The van der Waals surface area contributed by atoms with Crippen molar-refractivity contribution in [3.8, 4) is 0 Å². The third-order valence-corrected chi connectivity index (χ3v) is 7.51. The molecule has 42 heavy (non-hydrogen) atoms. The summed E-state index contributed by atoms with van der Waals surface area (Å²) in [7, 11) is 0. The molecule has 6 heteroatoms. The molecule has 0 amide bonds. The summed E-state index contributed by atoms with van der Waals surface area (Å²) in [5.41, 5.74) is 0. The van der Waals surface area contributed by atoms with Crippen LogP contribution in [0, 0.1) is 0 Å². The number of hydrogen-bond donors (Lipinski definition) is 0. The fraction of sp³-hybridized carbons (Fsp3) is 0.833. The van der Waals surface area contributed by atoms with E-state index in [1.54, 1.807) is 0 Å². The first kappa shape index (κ1) is 46.8. The first-order valence-corrected chi connectivity index (χ1v) is 17.4. The zero-order valence-electron chi connectivity index (χ0n) is 30.7. The van der Waals surface area contributed by atoms with Crippen LogP contribution in [0.5, 0.6) is 0 Å². The number of unbranched alkanes of at least 4 members (excludes halogenated alkanes) is 22. The van der Waals surface area contributed by atoms with Gasteiger partial charge in [-0.1, -0.05) is 141 Å². The minimum Gasteiger partial charge on any atom is -1.00 e. The molecule has 0 saturated heterocycles. The number of rotatable bonds is 30. The van der Waals surface area contributed by atoms with Crippen LogP contribution >= 0.6 is 0 Å². The number of carbonyl (C=O) groups is 2. The second kappa shape index (κ2) is 41.4. The Labute approximate surface area is 308 Å². The topological polar surface area (TPSA) is 52.6 Å². The van der Waals surface area contributed by atoms with Crippen LogP contribution in [0.25, 0.3) is 0 Å². The summed E-state index contributed by atoms with van der Waals surface area (Å²) in [6.07, 6.45) is 41.7. The number of hydrogen-bond acceptors (Lipinski definition) is 4. The van der Waals surface area contributed by atoms with Gasteiger partial charge < -0.3 is 2.85 Å². The van der Waals surface area contributed by atoms with Gasteiger partial charge in [0, 0.05) is 0 Å². The van der Waals surface area contributed by atoms with Crippen LogP contribution in [0.3, 0.4) is 0 Å². The van der Waals surface area contributed by atoms with E-state index in [9.17, 15) is 9.59 Å². The molecule has 0 spiro atoms. The normalized spacial score (nSPS) is 11.0. The first-order chi connectivity index (χ1) is 19.7. The van der Waals surface area contributed by atoms with E-state index in [2.05, 4.69) is 38.2 Å².